The summed E-state index contributed by atoms with van der Waals surface area (Å²) in [6.45, 7) is 6.93. The van der Waals surface area contributed by atoms with Crippen LogP contribution in [0.2, 0.25) is 0 Å². The van der Waals surface area contributed by atoms with E-state index < -0.39 is 16.1 Å². The number of carbonyl (C=O) groups excluding carboxylic acids is 2. The first-order chi connectivity index (χ1) is 15.7. The summed E-state index contributed by atoms with van der Waals surface area (Å²) in [5, 5.41) is 5.66. The fourth-order valence-corrected chi connectivity index (χ4v) is 5.42. The topological polar surface area (TPSA) is 95.6 Å². The van der Waals surface area contributed by atoms with Gasteiger partial charge in [0.05, 0.1) is 4.90 Å². The molecule has 8 heteroatoms. The quantitative estimate of drug-likeness (QED) is 0.618. The van der Waals surface area contributed by atoms with Crippen LogP contribution in [0.5, 0.6) is 0 Å². The summed E-state index contributed by atoms with van der Waals surface area (Å²) in [6, 6.07) is 13.1. The van der Waals surface area contributed by atoms with Crippen molar-refractivity contribution in [2.45, 2.75) is 57.5 Å². The lowest BCUT2D eigenvalue weighted by atomic mass is 10.0. The summed E-state index contributed by atoms with van der Waals surface area (Å²) in [4.78, 5) is 25.7. The zero-order valence-electron chi connectivity index (χ0n) is 19.5. The van der Waals surface area contributed by atoms with Crippen LogP contribution >= 0.6 is 0 Å². The number of nitrogens with zero attached hydrogens (tertiary/aromatic N) is 1. The molecule has 0 spiro atoms. The Kier molecular flexibility index (Phi) is 8.26. The van der Waals surface area contributed by atoms with Gasteiger partial charge in [-0.15, -0.1) is 0 Å². The van der Waals surface area contributed by atoms with Crippen molar-refractivity contribution in [1.82, 2.24) is 14.9 Å². The molecule has 0 bridgehead atoms. The zero-order chi connectivity index (χ0) is 24.0. The summed E-state index contributed by atoms with van der Waals surface area (Å²) < 4.78 is 27.4. The number of sulfonamides is 1. The predicted molar refractivity (Wildman–Crippen MR) is 128 cm³/mol. The van der Waals surface area contributed by atoms with E-state index in [-0.39, 0.29) is 29.2 Å². The van der Waals surface area contributed by atoms with Gasteiger partial charge in [0.15, 0.2) is 0 Å². The number of benzene rings is 2. The number of piperidine rings is 1. The Bertz CT molecular complexity index is 1080. The van der Waals surface area contributed by atoms with Gasteiger partial charge in [-0.25, -0.2) is 8.42 Å². The van der Waals surface area contributed by atoms with E-state index >= 15 is 0 Å². The van der Waals surface area contributed by atoms with Gasteiger partial charge in [-0.3, -0.25) is 9.59 Å². The highest BCUT2D eigenvalue weighted by Crippen LogP contribution is 2.21. The van der Waals surface area contributed by atoms with Crippen LogP contribution in [0.1, 0.15) is 54.6 Å². The van der Waals surface area contributed by atoms with E-state index in [1.54, 1.807) is 36.4 Å². The lowest BCUT2D eigenvalue weighted by molar-refractivity contribution is -0.124. The Hall–Kier alpha value is -2.71. The second-order valence-electron chi connectivity index (χ2n) is 8.89. The minimum absolute atomic E-state index is 0.120. The van der Waals surface area contributed by atoms with Gasteiger partial charge in [-0.05, 0) is 55.5 Å². The number of aryl methyl sites for hydroxylation is 1. The Morgan fingerprint density at radius 1 is 1.00 bits per heavy atom. The molecule has 0 saturated carbocycles. The van der Waals surface area contributed by atoms with Crippen molar-refractivity contribution in [3.63, 3.8) is 0 Å². The van der Waals surface area contributed by atoms with Crippen LogP contribution in [0.25, 0.3) is 0 Å². The Balaban J connectivity index is 1.65. The molecule has 2 N–H and O–H groups in total. The third kappa shape index (κ3) is 6.42. The third-order valence-electron chi connectivity index (χ3n) is 5.87. The molecule has 1 aliphatic rings. The van der Waals surface area contributed by atoms with Crippen LogP contribution in [0, 0.1) is 12.8 Å². The van der Waals surface area contributed by atoms with Gasteiger partial charge in [-0.1, -0.05) is 50.1 Å². The lowest BCUT2D eigenvalue weighted by Gasteiger charge is -2.26. The molecule has 2 aromatic carbocycles. The van der Waals surface area contributed by atoms with E-state index in [0.717, 1.165) is 24.8 Å². The maximum absolute atomic E-state index is 12.9. The molecule has 33 heavy (non-hydrogen) atoms. The Labute approximate surface area is 196 Å². The molecule has 0 radical (unpaired) electrons. The SMILES string of the molecule is Cc1ccc(C(=O)NC(C(=O)NCc2cccc(S(=O)(=O)N3CCCCC3)c2)C(C)C)cc1. The normalized spacial score (nSPS) is 15.8. The zero-order valence-corrected chi connectivity index (χ0v) is 20.3. The van der Waals surface area contributed by atoms with Gasteiger partial charge in [0, 0.05) is 25.2 Å². The molecule has 2 amide bonds. The summed E-state index contributed by atoms with van der Waals surface area (Å²) in [7, 11) is -3.54. The first-order valence-corrected chi connectivity index (χ1v) is 12.9. The first-order valence-electron chi connectivity index (χ1n) is 11.4. The van der Waals surface area contributed by atoms with E-state index in [2.05, 4.69) is 10.6 Å². The van der Waals surface area contributed by atoms with E-state index in [9.17, 15) is 18.0 Å². The highest BCUT2D eigenvalue weighted by molar-refractivity contribution is 7.89. The van der Waals surface area contributed by atoms with Crippen LogP contribution in [0.4, 0.5) is 0 Å². The van der Waals surface area contributed by atoms with Gasteiger partial charge in [0.2, 0.25) is 15.9 Å². The molecule has 178 valence electrons. The second-order valence-corrected chi connectivity index (χ2v) is 10.8. The smallest absolute Gasteiger partial charge is 0.251 e. The van der Waals surface area contributed by atoms with Crippen molar-refractivity contribution in [2.75, 3.05) is 13.1 Å². The molecule has 1 fully saturated rings. The second kappa shape index (κ2) is 10.9. The molecule has 1 heterocycles. The molecular weight excluding hydrogens is 438 g/mol. The number of amides is 2. The van der Waals surface area contributed by atoms with E-state index in [1.807, 2.05) is 32.9 Å². The molecule has 1 saturated heterocycles. The summed E-state index contributed by atoms with van der Waals surface area (Å²) in [5.74, 6) is -0.738. The highest BCUT2D eigenvalue weighted by Gasteiger charge is 2.27. The first kappa shape index (κ1) is 24.9. The van der Waals surface area contributed by atoms with Crippen LogP contribution in [-0.4, -0.2) is 43.7 Å². The number of carbonyl (C=O) groups is 2. The molecule has 0 aromatic heterocycles. The van der Waals surface area contributed by atoms with Crippen LogP contribution < -0.4 is 10.6 Å². The highest BCUT2D eigenvalue weighted by atomic mass is 32.2. The van der Waals surface area contributed by atoms with Crippen molar-refractivity contribution in [1.29, 1.82) is 0 Å². The number of hydrogen-bond acceptors (Lipinski definition) is 4. The molecule has 0 aliphatic carbocycles. The minimum Gasteiger partial charge on any atom is -0.350 e. The van der Waals surface area contributed by atoms with Crippen molar-refractivity contribution in [3.8, 4) is 0 Å². The van der Waals surface area contributed by atoms with Crippen LogP contribution in [-0.2, 0) is 21.4 Å². The molecular formula is C25H33N3O4S. The van der Waals surface area contributed by atoms with Crippen LogP contribution in [0.15, 0.2) is 53.4 Å². The fourth-order valence-electron chi connectivity index (χ4n) is 3.83. The molecule has 1 unspecified atom stereocenters. The van der Waals surface area contributed by atoms with Gasteiger partial charge in [-0.2, -0.15) is 4.31 Å². The molecule has 2 aromatic rings. The maximum Gasteiger partial charge on any atom is 0.251 e. The molecule has 1 aliphatic heterocycles. The molecule has 1 atom stereocenters. The fraction of sp³-hybridized carbons (Fsp3) is 0.440. The monoisotopic (exact) mass is 471 g/mol. The molecule has 7 nitrogen and oxygen atoms in total. The number of rotatable bonds is 8. The minimum atomic E-state index is -3.54. The van der Waals surface area contributed by atoms with E-state index in [4.69, 9.17) is 0 Å². The largest absolute Gasteiger partial charge is 0.350 e. The third-order valence-corrected chi connectivity index (χ3v) is 7.76. The number of nitrogens with one attached hydrogen (secondary N) is 2. The van der Waals surface area contributed by atoms with Crippen molar-refractivity contribution in [3.05, 3.63) is 65.2 Å². The van der Waals surface area contributed by atoms with Crippen molar-refractivity contribution in [2.24, 2.45) is 5.92 Å². The van der Waals surface area contributed by atoms with Crippen molar-refractivity contribution >= 4 is 21.8 Å². The Morgan fingerprint density at radius 3 is 2.30 bits per heavy atom. The summed E-state index contributed by atoms with van der Waals surface area (Å²) in [5.41, 5.74) is 2.23. The average molecular weight is 472 g/mol. The van der Waals surface area contributed by atoms with Crippen LogP contribution in [0.3, 0.4) is 0 Å². The molecule has 3 rings (SSSR count). The van der Waals surface area contributed by atoms with E-state index in [0.29, 0.717) is 24.2 Å². The number of hydrogen-bond donors (Lipinski definition) is 2. The van der Waals surface area contributed by atoms with Gasteiger partial charge >= 0.3 is 0 Å². The standard InChI is InChI=1S/C25H33N3O4S/c1-18(2)23(27-24(29)21-12-10-19(3)11-13-21)25(30)26-17-20-8-7-9-22(16-20)33(31,32)28-14-5-4-6-15-28/h7-13,16,18,23H,4-6,14-15,17H2,1-3H3,(H,26,30)(H,27,29). The maximum atomic E-state index is 12.9. The van der Waals surface area contributed by atoms with Gasteiger partial charge in [0.25, 0.3) is 5.91 Å². The summed E-state index contributed by atoms with van der Waals surface area (Å²) >= 11 is 0. The average Bonchev–Trinajstić information content (AvgIpc) is 2.82. The van der Waals surface area contributed by atoms with Crippen molar-refractivity contribution < 1.29 is 18.0 Å². The van der Waals surface area contributed by atoms with Gasteiger partial charge < -0.3 is 10.6 Å². The lowest BCUT2D eigenvalue weighted by Crippen LogP contribution is -2.49. The predicted octanol–water partition coefficient (Wildman–Crippen LogP) is 3.24. The van der Waals surface area contributed by atoms with E-state index in [1.165, 1.54) is 4.31 Å². The Morgan fingerprint density at radius 2 is 1.67 bits per heavy atom. The van der Waals surface area contributed by atoms with Gasteiger partial charge in [0.1, 0.15) is 6.04 Å². The summed E-state index contributed by atoms with van der Waals surface area (Å²) in [6.07, 6.45) is 2.80.